The van der Waals surface area contributed by atoms with E-state index in [-0.39, 0.29) is 133 Å². The van der Waals surface area contributed by atoms with Crippen molar-refractivity contribution in [2.45, 2.75) is 145 Å². The van der Waals surface area contributed by atoms with Gasteiger partial charge < -0.3 is 46.2 Å². The van der Waals surface area contributed by atoms with Gasteiger partial charge in [0.25, 0.3) is 10.1 Å². The van der Waals surface area contributed by atoms with E-state index in [4.69, 9.17) is 14.3 Å². The van der Waals surface area contributed by atoms with E-state index in [1.54, 1.807) is 118 Å². The van der Waals surface area contributed by atoms with E-state index in [1.165, 1.54) is 12.1 Å². The molecule has 3 aliphatic heterocycles. The number of unbranched alkanes of at least 4 members (excludes halogenated alkanes) is 3. The number of esters is 1. The average Bonchev–Trinajstić information content (AvgIpc) is 1.59. The first kappa shape index (κ1) is 89.7. The van der Waals surface area contributed by atoms with Gasteiger partial charge in [0.05, 0.1) is 60.1 Å². The van der Waals surface area contributed by atoms with Crippen LogP contribution in [0, 0.1) is 13.8 Å². The molecule has 3 heterocycles. The third-order valence-electron chi connectivity index (χ3n) is 20.7. The van der Waals surface area contributed by atoms with E-state index in [0.717, 1.165) is 57.4 Å². The van der Waals surface area contributed by atoms with Gasteiger partial charge in [-0.15, -0.1) is 4.33 Å². The van der Waals surface area contributed by atoms with Gasteiger partial charge in [-0.3, -0.25) is 62.5 Å². The number of hydrogen-bond acceptors (Lipinski definition) is 21. The van der Waals surface area contributed by atoms with Crippen LogP contribution in [0.2, 0.25) is 0 Å². The molecule has 31 heteroatoms. The largest absolute Gasteiger partial charge is 0.480 e. The molecule has 0 aromatic heterocycles. The molecule has 1 fully saturated rings. The number of benzene rings is 5. The van der Waals surface area contributed by atoms with Crippen molar-refractivity contribution in [3.8, 4) is 0 Å². The number of Topliss-reactive ketones (excluding diaryl/α,β-unsaturated/α-hetero) is 1. The maximum absolute atomic E-state index is 15.0. The first-order valence-corrected chi connectivity index (χ1v) is 40.5. The molecule has 614 valence electrons. The van der Waals surface area contributed by atoms with Crippen molar-refractivity contribution in [2.24, 2.45) is 0 Å². The smallest absolute Gasteiger partial charge is 0.339 e. The zero-order valence-corrected chi connectivity index (χ0v) is 67.4. The maximum atomic E-state index is 15.0. The predicted octanol–water partition coefficient (Wildman–Crippen LogP) is 7.86. The van der Waals surface area contributed by atoms with E-state index in [2.05, 4.69) is 62.6 Å². The van der Waals surface area contributed by atoms with Gasteiger partial charge in [0.15, 0.2) is 18.1 Å². The molecule has 8 rings (SSSR count). The number of nitrogens with zero attached hydrogens (tertiary/aromatic N) is 6. The van der Waals surface area contributed by atoms with Crippen molar-refractivity contribution in [1.29, 1.82) is 0 Å². The molecular weight excluding hydrogens is 1510 g/mol. The number of carboxylic acid groups (broad SMARTS) is 3. The fourth-order valence-corrected chi connectivity index (χ4v) is 15.6. The van der Waals surface area contributed by atoms with Gasteiger partial charge in [-0.1, -0.05) is 116 Å². The summed E-state index contributed by atoms with van der Waals surface area (Å²) in [4.78, 5) is 131. The van der Waals surface area contributed by atoms with Crippen LogP contribution in [0.15, 0.2) is 161 Å². The quantitative estimate of drug-likeness (QED) is 0.00263. The number of aliphatic carboxylic acids is 3. The van der Waals surface area contributed by atoms with Crippen molar-refractivity contribution >= 4 is 92.5 Å². The summed E-state index contributed by atoms with van der Waals surface area (Å²) in [5.41, 5.74) is 7.39. The van der Waals surface area contributed by atoms with E-state index in [0.29, 0.717) is 60.9 Å². The lowest BCUT2D eigenvalue weighted by Crippen LogP contribution is -2.58. The number of likely N-dealkylation sites (N-methyl/N-ethyl adjacent to an activating group) is 1. The minimum atomic E-state index is -4.51. The lowest BCUT2D eigenvalue weighted by atomic mass is 9.81. The first-order valence-electron chi connectivity index (χ1n) is 38.3. The molecule has 29 nitrogen and oxygen atoms in total. The van der Waals surface area contributed by atoms with Crippen molar-refractivity contribution in [1.82, 2.24) is 40.9 Å². The number of ether oxygens (including phenoxy) is 1. The van der Waals surface area contributed by atoms with Crippen LogP contribution in [0.3, 0.4) is 0 Å². The van der Waals surface area contributed by atoms with Crippen LogP contribution in [-0.4, -0.2) is 240 Å². The molecule has 5 aromatic rings. The standard InChI is InChI=1S/C83H106N10O19S2/c1-8-92-68-36-34-61(113-112-111-106)50-63(68)82(4,5)71(92)31-17-11-18-32-72-83(6,7)64-51-62(114(107,108)109)35-37-69(64)93(72)39-22-12-19-33-73(95)84-38-21-20-30-65(70(94)56-110-81(105)78-57(2)24-23-25-58(78)3)86-80(104)67(49-60-28-15-10-16-29-60)87-79(103)66(48-59-26-13-9-14-27-59)85-74(96)52-88-40-42-89(53-75(97)98)44-46-91(55-77(101)102)47-45-90(43-41-88)54-76(99)100/h9-11,13-18,23-29,31-32,34-37,50-51,65-67H,8,12,19-22,30,33,38-49,52-56H2,1-7H3,(H8-,84,85,86,87,95,96,97,98,99,100,101,102,103,104,106,107,108,109)/p+1/t65-,66-,67-/m0/s1. The minimum Gasteiger partial charge on any atom is -0.480 e. The second kappa shape index (κ2) is 43.1. The molecule has 5 aromatic carbocycles. The number of allylic oxidation sites excluding steroid dienone is 6. The number of anilines is 1. The number of hydrogen-bond donors (Lipinski definition) is 9. The number of carboxylic acids is 3. The monoisotopic (exact) mass is 1610 g/mol. The van der Waals surface area contributed by atoms with Crippen LogP contribution < -0.4 is 26.2 Å². The Labute approximate surface area is 670 Å². The lowest BCUT2D eigenvalue weighted by molar-refractivity contribution is -0.438. The van der Waals surface area contributed by atoms with E-state index < -0.39 is 87.6 Å². The first-order chi connectivity index (χ1) is 54.4. The molecular formula is C83H107N10O19S2+. The molecule has 114 heavy (non-hydrogen) atoms. The Morgan fingerprint density at radius 3 is 1.69 bits per heavy atom. The Balaban J connectivity index is 0.925. The van der Waals surface area contributed by atoms with Gasteiger partial charge in [0.2, 0.25) is 29.3 Å². The second-order valence-corrected chi connectivity index (χ2v) is 32.0. The molecule has 3 atom stereocenters. The van der Waals surface area contributed by atoms with Crippen LogP contribution in [0.1, 0.15) is 123 Å². The van der Waals surface area contributed by atoms with Crippen molar-refractivity contribution in [2.75, 3.05) is 110 Å². The number of nitrogens with one attached hydrogen (secondary N) is 4. The highest BCUT2D eigenvalue weighted by Gasteiger charge is 2.45. The molecule has 1 saturated heterocycles. The van der Waals surface area contributed by atoms with Gasteiger partial charge in [-0.05, 0) is 131 Å². The summed E-state index contributed by atoms with van der Waals surface area (Å²) in [6.45, 7) is 14.4. The van der Waals surface area contributed by atoms with Crippen LogP contribution in [0.5, 0.6) is 0 Å². The average molecular weight is 1610 g/mol. The molecule has 9 N–H and O–H groups in total. The molecule has 4 amide bonds. The third-order valence-corrected chi connectivity index (χ3v) is 22.1. The van der Waals surface area contributed by atoms with Gasteiger partial charge in [-0.2, -0.15) is 13.0 Å². The van der Waals surface area contributed by atoms with E-state index in [9.17, 15) is 71.4 Å². The third kappa shape index (κ3) is 26.4. The Bertz CT molecular complexity index is 4410. The molecule has 0 saturated carbocycles. The normalized spacial score (nSPS) is 16.8. The highest BCUT2D eigenvalue weighted by molar-refractivity contribution is 7.94. The number of fused-ring (bicyclic) bond motifs is 2. The lowest BCUT2D eigenvalue weighted by Gasteiger charge is -2.33. The molecule has 0 spiro atoms. The van der Waals surface area contributed by atoms with Crippen LogP contribution in [0.25, 0.3) is 0 Å². The van der Waals surface area contributed by atoms with Gasteiger partial charge in [-0.25, -0.2) is 10.1 Å². The minimum absolute atomic E-state index is 0.0326. The molecule has 0 unspecified atom stereocenters. The molecule has 3 aliphatic rings. The maximum Gasteiger partial charge on any atom is 0.339 e. The summed E-state index contributed by atoms with van der Waals surface area (Å²) < 4.78 is 47.4. The fourth-order valence-electron chi connectivity index (χ4n) is 14.7. The van der Waals surface area contributed by atoms with Crippen molar-refractivity contribution in [3.05, 3.63) is 190 Å². The number of rotatable bonds is 40. The summed E-state index contributed by atoms with van der Waals surface area (Å²) in [6.07, 6.45) is 12.6. The molecule has 0 aliphatic carbocycles. The number of amides is 4. The highest BCUT2D eigenvalue weighted by atomic mass is 32.2. The van der Waals surface area contributed by atoms with E-state index in [1.807, 2.05) is 56.4 Å². The molecule has 0 bridgehead atoms. The second-order valence-electron chi connectivity index (χ2n) is 29.8. The van der Waals surface area contributed by atoms with Crippen LogP contribution in [0.4, 0.5) is 11.4 Å². The SMILES string of the molecule is CCN1\C(=C/C=C/C=C/C2=[N+](CCCCCC(=O)NCCCC[C@H](NC(=O)[C@H](Cc3ccccc3)NC(=O)[C@H](Cc3ccccc3)NC(=O)CN3CCN(CC(=O)O)CCN(CC(=O)O)CCN(CC(=O)O)CC3)C(=O)COC(=O)c3c(C)cccc3C)c3ccc(S(=O)(=O)O)cc3C2(C)C)C(C)(C)c2cc(SOOO)ccc21. The Morgan fingerprint density at radius 1 is 0.596 bits per heavy atom. The Morgan fingerprint density at radius 2 is 1.15 bits per heavy atom. The Hall–Kier alpha value is -9.80. The summed E-state index contributed by atoms with van der Waals surface area (Å²) in [6, 6.07) is 29.5. The van der Waals surface area contributed by atoms with Crippen LogP contribution >= 0.6 is 12.0 Å². The van der Waals surface area contributed by atoms with Crippen molar-refractivity contribution in [3.63, 3.8) is 0 Å². The number of ketones is 1. The van der Waals surface area contributed by atoms with Crippen molar-refractivity contribution < 1.29 is 95.4 Å². The zero-order chi connectivity index (χ0) is 82.7. The van der Waals surface area contributed by atoms with E-state index >= 15 is 0 Å². The van der Waals surface area contributed by atoms with Gasteiger partial charge in [0.1, 0.15) is 18.6 Å². The summed E-state index contributed by atoms with van der Waals surface area (Å²) in [5.74, 6) is -7.05. The predicted molar refractivity (Wildman–Crippen MR) is 430 cm³/mol. The topological polar surface area (TPSA) is 384 Å². The number of carbonyl (C=O) groups excluding carboxylic acids is 6. The van der Waals surface area contributed by atoms with Crippen LogP contribution in [-0.2, 0) is 86.3 Å². The number of carbonyl (C=O) groups is 9. The van der Waals surface area contributed by atoms with Gasteiger partial charge >= 0.3 is 23.9 Å². The zero-order valence-electron chi connectivity index (χ0n) is 65.7. The molecule has 0 radical (unpaired) electrons. The summed E-state index contributed by atoms with van der Waals surface area (Å²) in [5, 5.41) is 53.4. The summed E-state index contributed by atoms with van der Waals surface area (Å²) in [7, 11) is -4.51. The van der Waals surface area contributed by atoms with Gasteiger partial charge in [0, 0.05) is 131 Å². The number of aryl methyl sites for hydroxylation is 2. The fraction of sp³-hybridized carbons (Fsp3) is 0.446. The Kier molecular flexibility index (Phi) is 33.9. The highest BCUT2D eigenvalue weighted by Crippen LogP contribution is 2.49. The summed E-state index contributed by atoms with van der Waals surface area (Å²) >= 11 is 0.901.